The van der Waals surface area contributed by atoms with Crippen LogP contribution in [0.25, 0.3) is 0 Å². The molecule has 0 bridgehead atoms. The molecule has 0 saturated carbocycles. The van der Waals surface area contributed by atoms with Crippen LogP contribution in [0.1, 0.15) is 181 Å². The number of carbonyl (C=O) groups is 1. The van der Waals surface area contributed by atoms with Gasteiger partial charge < -0.3 is 19.8 Å². The van der Waals surface area contributed by atoms with Crippen molar-refractivity contribution in [3.63, 3.8) is 0 Å². The van der Waals surface area contributed by atoms with E-state index in [2.05, 4.69) is 177 Å². The Balaban J connectivity index is 4.14. The summed E-state index contributed by atoms with van der Waals surface area (Å²) in [5, 5.41) is 13.8. The fraction of sp³-hybridized carbons (Fsp3) is 0.554. The zero-order chi connectivity index (χ0) is 54.2. The first-order valence-corrected chi connectivity index (χ1v) is 30.0. The van der Waals surface area contributed by atoms with E-state index in [1.54, 1.807) is 6.08 Å². The lowest BCUT2D eigenvalue weighted by Gasteiger charge is -2.25. The molecule has 9 heteroatoms. The number of nitrogens with zero attached hydrogens (tertiary/aromatic N) is 1. The summed E-state index contributed by atoms with van der Waals surface area (Å²) < 4.78 is 23.6. The molecule has 3 N–H and O–H groups in total. The van der Waals surface area contributed by atoms with E-state index in [0.29, 0.717) is 17.4 Å². The van der Waals surface area contributed by atoms with Gasteiger partial charge in [-0.15, -0.1) is 0 Å². The fourth-order valence-electron chi connectivity index (χ4n) is 6.97. The maximum atomic E-state index is 12.9. The summed E-state index contributed by atoms with van der Waals surface area (Å²) in [6, 6.07) is -0.887. The van der Waals surface area contributed by atoms with Crippen molar-refractivity contribution in [1.82, 2.24) is 5.32 Å². The molecule has 74 heavy (non-hydrogen) atoms. The minimum absolute atomic E-state index is 0.0418. The van der Waals surface area contributed by atoms with Crippen molar-refractivity contribution < 1.29 is 32.9 Å². The molecule has 0 aliphatic rings. The zero-order valence-corrected chi connectivity index (χ0v) is 48.1. The summed E-state index contributed by atoms with van der Waals surface area (Å²) in [5.41, 5.74) is 0. The number of allylic oxidation sites excluding steroid dienone is 27. The summed E-state index contributed by atoms with van der Waals surface area (Å²) in [6.45, 7) is 4.55. The molecular formula is C65H106N2O6P+. The van der Waals surface area contributed by atoms with Crippen LogP contribution in [0.15, 0.2) is 170 Å². The first-order chi connectivity index (χ1) is 36.0. The molecule has 0 aliphatic carbocycles. The van der Waals surface area contributed by atoms with Crippen LogP contribution in [0.5, 0.6) is 0 Å². The molecule has 416 valence electrons. The van der Waals surface area contributed by atoms with Crippen LogP contribution >= 0.6 is 7.82 Å². The zero-order valence-electron chi connectivity index (χ0n) is 47.2. The summed E-state index contributed by atoms with van der Waals surface area (Å²) in [5.74, 6) is -0.213. The van der Waals surface area contributed by atoms with Crippen molar-refractivity contribution in [2.75, 3.05) is 40.9 Å². The third-order valence-electron chi connectivity index (χ3n) is 11.4. The Kier molecular flexibility index (Phi) is 50.7. The third kappa shape index (κ3) is 55.6. The molecule has 0 aromatic rings. The summed E-state index contributed by atoms with van der Waals surface area (Å²) in [7, 11) is 1.51. The van der Waals surface area contributed by atoms with Crippen molar-refractivity contribution in [2.24, 2.45) is 0 Å². The molecule has 0 fully saturated rings. The van der Waals surface area contributed by atoms with Crippen molar-refractivity contribution in [2.45, 2.75) is 193 Å². The van der Waals surface area contributed by atoms with Gasteiger partial charge in [0.2, 0.25) is 5.91 Å². The van der Waals surface area contributed by atoms with E-state index in [0.717, 1.165) is 141 Å². The standard InChI is InChI=1S/C65H105N2O6P/c1-6-8-10-12-14-16-18-19-20-21-22-23-24-25-26-27-28-29-30-31-32-33-34-35-36-37-38-39-40-41-42-43-44-45-46-47-49-51-53-55-57-59-65(69)66-63(62-73-74(70,71)72-61-60-67(3,4)5)64(68)58-56-54-52-50-48-17-15-13-11-9-7-2/h8,10-11,13-14,16,19-20,22-23,25-26,28-29,31-32,34-35,37-38,40-41,43-44,48,50,56,58,63-64,68H,6-7,9,12,15,17-18,21,24,27,30,33,36,39,42,45-47,49,51-55,57,59-62H2,1-5H3,(H-,66,69,70,71)/p+1/b10-8-,13-11+,16-14-,20-19-,23-22-,26-25-,29-28-,32-31-,35-34-,38-37-,41-40-,44-43-,50-48+,58-56+. The number of phosphoric acid groups is 1. The SMILES string of the molecule is CC/C=C\C/C=C\C/C=C\C/C=C\C/C=C\C/C=C\C/C=C\C/C=C\C/C=C\C/C=C\C/C=C\CCCCCCCCCC(=O)NC(COP(=O)(O)OCC[N+](C)(C)C)C(O)/C=C/CC/C=C/CC/C=C/CCC. The highest BCUT2D eigenvalue weighted by Crippen LogP contribution is 2.43. The topological polar surface area (TPSA) is 105 Å². The third-order valence-corrected chi connectivity index (χ3v) is 12.4. The first kappa shape index (κ1) is 69.9. The van der Waals surface area contributed by atoms with Crippen LogP contribution in [0.3, 0.4) is 0 Å². The summed E-state index contributed by atoms with van der Waals surface area (Å²) in [6.07, 6.45) is 86.2. The molecule has 0 spiro atoms. The summed E-state index contributed by atoms with van der Waals surface area (Å²) >= 11 is 0. The Morgan fingerprint density at radius 3 is 1.23 bits per heavy atom. The van der Waals surface area contributed by atoms with Crippen molar-refractivity contribution >= 4 is 13.7 Å². The second-order valence-electron chi connectivity index (χ2n) is 19.6. The number of aliphatic hydroxyl groups is 1. The minimum atomic E-state index is -4.37. The predicted octanol–water partition coefficient (Wildman–Crippen LogP) is 17.6. The van der Waals surface area contributed by atoms with Crippen LogP contribution in [-0.2, 0) is 18.4 Å². The van der Waals surface area contributed by atoms with Crippen LogP contribution in [0.2, 0.25) is 0 Å². The number of hydrogen-bond acceptors (Lipinski definition) is 5. The van der Waals surface area contributed by atoms with E-state index in [1.165, 1.54) is 19.3 Å². The Morgan fingerprint density at radius 2 is 0.824 bits per heavy atom. The van der Waals surface area contributed by atoms with E-state index in [4.69, 9.17) is 9.05 Å². The Bertz CT molecular complexity index is 1800. The number of carbonyl (C=O) groups excluding carboxylic acids is 1. The summed E-state index contributed by atoms with van der Waals surface area (Å²) in [4.78, 5) is 23.2. The molecule has 1 amide bonds. The highest BCUT2D eigenvalue weighted by molar-refractivity contribution is 7.47. The van der Waals surface area contributed by atoms with Gasteiger partial charge >= 0.3 is 7.82 Å². The molecular weight excluding hydrogens is 936 g/mol. The van der Waals surface area contributed by atoms with Gasteiger partial charge in [-0.3, -0.25) is 13.8 Å². The molecule has 3 atom stereocenters. The number of quaternary nitrogens is 1. The van der Waals surface area contributed by atoms with Gasteiger partial charge in [-0.1, -0.05) is 223 Å². The predicted molar refractivity (Wildman–Crippen MR) is 322 cm³/mol. The molecule has 0 aromatic carbocycles. The van der Waals surface area contributed by atoms with Crippen LogP contribution in [0, 0.1) is 0 Å². The van der Waals surface area contributed by atoms with Crippen LogP contribution < -0.4 is 5.32 Å². The van der Waals surface area contributed by atoms with Crippen LogP contribution in [-0.4, -0.2) is 73.4 Å². The largest absolute Gasteiger partial charge is 0.472 e. The van der Waals surface area contributed by atoms with E-state index < -0.39 is 20.0 Å². The lowest BCUT2D eigenvalue weighted by Crippen LogP contribution is -2.45. The van der Waals surface area contributed by atoms with E-state index in [1.807, 2.05) is 27.2 Å². The van der Waals surface area contributed by atoms with Gasteiger partial charge in [0.15, 0.2) is 0 Å². The number of aliphatic hydroxyl groups excluding tert-OH is 1. The molecule has 0 radical (unpaired) electrons. The maximum absolute atomic E-state index is 12.9. The van der Waals surface area contributed by atoms with E-state index in [-0.39, 0.29) is 19.1 Å². The van der Waals surface area contributed by atoms with Gasteiger partial charge in [-0.05, 0) is 122 Å². The minimum Gasteiger partial charge on any atom is -0.387 e. The molecule has 0 saturated heterocycles. The molecule has 0 heterocycles. The smallest absolute Gasteiger partial charge is 0.387 e. The maximum Gasteiger partial charge on any atom is 0.472 e. The molecule has 3 unspecified atom stereocenters. The number of unbranched alkanes of at least 4 members (excludes halogenated alkanes) is 10. The average Bonchev–Trinajstić information content (AvgIpc) is 3.36. The van der Waals surface area contributed by atoms with Crippen LogP contribution in [0.4, 0.5) is 0 Å². The Morgan fingerprint density at radius 1 is 0.473 bits per heavy atom. The second-order valence-corrected chi connectivity index (χ2v) is 21.0. The number of phosphoric ester groups is 1. The quantitative estimate of drug-likeness (QED) is 0.0243. The molecule has 8 nitrogen and oxygen atoms in total. The Hall–Kier alpha value is -4.14. The molecule has 0 aliphatic heterocycles. The van der Waals surface area contributed by atoms with Gasteiger partial charge in [0.1, 0.15) is 13.2 Å². The number of amides is 1. The highest BCUT2D eigenvalue weighted by Gasteiger charge is 2.27. The monoisotopic (exact) mass is 1040 g/mol. The van der Waals surface area contributed by atoms with Crippen molar-refractivity contribution in [1.29, 1.82) is 0 Å². The normalized spacial score (nSPS) is 15.2. The number of nitrogens with one attached hydrogen (secondary N) is 1. The van der Waals surface area contributed by atoms with Gasteiger partial charge in [0, 0.05) is 6.42 Å². The lowest BCUT2D eigenvalue weighted by molar-refractivity contribution is -0.870. The van der Waals surface area contributed by atoms with Gasteiger partial charge in [-0.25, -0.2) is 4.57 Å². The number of hydrogen-bond donors (Lipinski definition) is 3. The van der Waals surface area contributed by atoms with Crippen molar-refractivity contribution in [3.8, 4) is 0 Å². The Labute approximate surface area is 453 Å². The second kappa shape index (κ2) is 53.7. The van der Waals surface area contributed by atoms with E-state index >= 15 is 0 Å². The fourth-order valence-corrected chi connectivity index (χ4v) is 7.70. The molecule has 0 aromatic heterocycles. The van der Waals surface area contributed by atoms with E-state index in [9.17, 15) is 19.4 Å². The molecule has 0 rings (SSSR count). The van der Waals surface area contributed by atoms with Gasteiger partial charge in [0.25, 0.3) is 0 Å². The number of rotatable bonds is 49. The van der Waals surface area contributed by atoms with Crippen molar-refractivity contribution in [3.05, 3.63) is 170 Å². The van der Waals surface area contributed by atoms with Gasteiger partial charge in [-0.2, -0.15) is 0 Å². The number of likely N-dealkylation sites (N-methyl/N-ethyl adjacent to an activating group) is 1. The lowest BCUT2D eigenvalue weighted by atomic mass is 10.1. The first-order valence-electron chi connectivity index (χ1n) is 28.5. The average molecular weight is 1040 g/mol. The van der Waals surface area contributed by atoms with Gasteiger partial charge in [0.05, 0.1) is 39.9 Å². The highest BCUT2D eigenvalue weighted by atomic mass is 31.2.